The van der Waals surface area contributed by atoms with Gasteiger partial charge in [0, 0.05) is 5.69 Å². The lowest BCUT2D eigenvalue weighted by atomic mass is 10.2. The van der Waals surface area contributed by atoms with Gasteiger partial charge in [-0.2, -0.15) is 0 Å². The Labute approximate surface area is 144 Å². The third kappa shape index (κ3) is 3.65. The average Bonchev–Trinajstić information content (AvgIpc) is 3.16. The Bertz CT molecular complexity index is 734. The first-order valence-corrected chi connectivity index (χ1v) is 8.52. The lowest BCUT2D eigenvalue weighted by Gasteiger charge is -2.17. The summed E-state index contributed by atoms with van der Waals surface area (Å²) >= 11 is 1.36. The van der Waals surface area contributed by atoms with Crippen molar-refractivity contribution < 1.29 is 14.3 Å². The van der Waals surface area contributed by atoms with E-state index in [9.17, 15) is 9.59 Å². The maximum absolute atomic E-state index is 12.5. The minimum Gasteiger partial charge on any atom is -0.490 e. The number of nitrogens with one attached hydrogen (secondary N) is 2. The molecule has 2 aromatic rings. The zero-order valence-corrected chi connectivity index (χ0v) is 13.9. The summed E-state index contributed by atoms with van der Waals surface area (Å²) in [7, 11) is 0. The highest BCUT2D eigenvalue weighted by molar-refractivity contribution is 7.12. The van der Waals surface area contributed by atoms with Gasteiger partial charge in [-0.05, 0) is 48.6 Å². The van der Waals surface area contributed by atoms with Crippen LogP contribution in [0, 0.1) is 0 Å². The van der Waals surface area contributed by atoms with E-state index < -0.39 is 5.54 Å². The first-order chi connectivity index (χ1) is 11.6. The molecule has 2 amide bonds. The minimum atomic E-state index is -0.793. The van der Waals surface area contributed by atoms with Crippen LogP contribution in [0.1, 0.15) is 22.5 Å². The largest absolute Gasteiger partial charge is 0.490 e. The lowest BCUT2D eigenvalue weighted by molar-refractivity contribution is -0.118. The highest BCUT2D eigenvalue weighted by Gasteiger charge is 2.51. The van der Waals surface area contributed by atoms with Gasteiger partial charge < -0.3 is 15.4 Å². The highest BCUT2D eigenvalue weighted by atomic mass is 32.1. The molecule has 1 aliphatic rings. The third-order valence-corrected chi connectivity index (χ3v) is 4.63. The van der Waals surface area contributed by atoms with Crippen LogP contribution in [0.5, 0.6) is 5.75 Å². The van der Waals surface area contributed by atoms with Gasteiger partial charge in [-0.25, -0.2) is 0 Å². The fraction of sp³-hybridized carbons (Fsp3) is 0.222. The molecular weight excluding hydrogens is 324 g/mol. The van der Waals surface area contributed by atoms with E-state index >= 15 is 0 Å². The molecule has 1 saturated carbocycles. The Morgan fingerprint density at radius 1 is 1.25 bits per heavy atom. The maximum Gasteiger partial charge on any atom is 0.262 e. The number of hydrogen-bond acceptors (Lipinski definition) is 4. The molecule has 1 heterocycles. The molecule has 1 aromatic heterocycles. The Morgan fingerprint density at radius 2 is 2.00 bits per heavy atom. The van der Waals surface area contributed by atoms with Gasteiger partial charge in [-0.1, -0.05) is 18.7 Å². The predicted molar refractivity (Wildman–Crippen MR) is 94.5 cm³/mol. The van der Waals surface area contributed by atoms with E-state index in [0.29, 0.717) is 35.8 Å². The van der Waals surface area contributed by atoms with Crippen molar-refractivity contribution in [3.8, 4) is 5.75 Å². The molecular formula is C18H18N2O3S. The van der Waals surface area contributed by atoms with E-state index in [1.807, 2.05) is 11.4 Å². The predicted octanol–water partition coefficient (Wildman–Crippen LogP) is 3.21. The number of carbonyl (C=O) groups excluding carboxylic acids is 2. The standard InChI is InChI=1S/C18H18N2O3S/c1-2-11-23-14-7-5-13(6-8-14)19-17(22)18(9-10-18)20-16(21)15-4-3-12-24-15/h2-8,12H,1,9-11H2,(H,19,22)(H,20,21). The smallest absolute Gasteiger partial charge is 0.262 e. The molecule has 124 valence electrons. The SMILES string of the molecule is C=CCOc1ccc(NC(=O)C2(NC(=O)c3cccs3)CC2)cc1. The first-order valence-electron chi connectivity index (χ1n) is 7.64. The Morgan fingerprint density at radius 3 is 2.58 bits per heavy atom. The zero-order chi connectivity index (χ0) is 17.0. The van der Waals surface area contributed by atoms with E-state index in [2.05, 4.69) is 17.2 Å². The van der Waals surface area contributed by atoms with Gasteiger partial charge >= 0.3 is 0 Å². The molecule has 0 bridgehead atoms. The molecule has 0 atom stereocenters. The first kappa shape index (κ1) is 16.3. The van der Waals surface area contributed by atoms with Crippen molar-refractivity contribution in [3.63, 3.8) is 0 Å². The van der Waals surface area contributed by atoms with Crippen LogP contribution in [0.3, 0.4) is 0 Å². The van der Waals surface area contributed by atoms with Crippen LogP contribution in [0.25, 0.3) is 0 Å². The number of carbonyl (C=O) groups is 2. The van der Waals surface area contributed by atoms with Gasteiger partial charge in [-0.15, -0.1) is 11.3 Å². The molecule has 1 aliphatic carbocycles. The van der Waals surface area contributed by atoms with Gasteiger partial charge in [0.25, 0.3) is 5.91 Å². The minimum absolute atomic E-state index is 0.188. The van der Waals surface area contributed by atoms with Crippen molar-refractivity contribution in [1.29, 1.82) is 0 Å². The summed E-state index contributed by atoms with van der Waals surface area (Å²) in [5.74, 6) is 0.318. The summed E-state index contributed by atoms with van der Waals surface area (Å²) in [6.45, 7) is 4.03. The second-order valence-corrected chi connectivity index (χ2v) is 6.54. The maximum atomic E-state index is 12.5. The molecule has 1 aromatic carbocycles. The van der Waals surface area contributed by atoms with Gasteiger partial charge in [0.05, 0.1) is 4.88 Å². The monoisotopic (exact) mass is 342 g/mol. The van der Waals surface area contributed by atoms with Gasteiger partial charge in [0.2, 0.25) is 5.91 Å². The van der Waals surface area contributed by atoms with Crippen LogP contribution in [0.2, 0.25) is 0 Å². The summed E-state index contributed by atoms with van der Waals surface area (Å²) in [4.78, 5) is 25.3. The van der Waals surface area contributed by atoms with Crippen molar-refractivity contribution >= 4 is 28.8 Å². The van der Waals surface area contributed by atoms with E-state index in [1.54, 1.807) is 36.4 Å². The van der Waals surface area contributed by atoms with Crippen molar-refractivity contribution in [2.45, 2.75) is 18.4 Å². The molecule has 0 radical (unpaired) electrons. The molecule has 6 heteroatoms. The Balaban J connectivity index is 1.60. The Kier molecular flexibility index (Phi) is 4.66. The molecule has 0 aliphatic heterocycles. The average molecular weight is 342 g/mol. The summed E-state index contributed by atoms with van der Waals surface area (Å²) in [6, 6.07) is 10.7. The van der Waals surface area contributed by atoms with E-state index in [-0.39, 0.29) is 11.8 Å². The number of amides is 2. The topological polar surface area (TPSA) is 67.4 Å². The number of rotatable bonds is 7. The third-order valence-electron chi connectivity index (χ3n) is 3.76. The van der Waals surface area contributed by atoms with E-state index in [1.165, 1.54) is 11.3 Å². The lowest BCUT2D eigenvalue weighted by Crippen LogP contribution is -2.45. The molecule has 24 heavy (non-hydrogen) atoms. The summed E-state index contributed by atoms with van der Waals surface area (Å²) < 4.78 is 5.40. The normalized spacial score (nSPS) is 14.5. The number of anilines is 1. The van der Waals surface area contributed by atoms with Crippen LogP contribution in [0.4, 0.5) is 5.69 Å². The van der Waals surface area contributed by atoms with Gasteiger partial charge in [0.15, 0.2) is 0 Å². The molecule has 0 spiro atoms. The second-order valence-electron chi connectivity index (χ2n) is 5.59. The van der Waals surface area contributed by atoms with Gasteiger partial charge in [-0.3, -0.25) is 9.59 Å². The van der Waals surface area contributed by atoms with Gasteiger partial charge in [0.1, 0.15) is 17.9 Å². The van der Waals surface area contributed by atoms with Crippen molar-refractivity contribution in [3.05, 3.63) is 59.3 Å². The number of benzene rings is 1. The van der Waals surface area contributed by atoms with Crippen LogP contribution < -0.4 is 15.4 Å². The van der Waals surface area contributed by atoms with Crippen LogP contribution in [-0.2, 0) is 4.79 Å². The molecule has 0 unspecified atom stereocenters. The van der Waals surface area contributed by atoms with Crippen LogP contribution in [0.15, 0.2) is 54.4 Å². The zero-order valence-electron chi connectivity index (χ0n) is 13.1. The Hall–Kier alpha value is -2.60. The second kappa shape index (κ2) is 6.88. The molecule has 5 nitrogen and oxygen atoms in total. The van der Waals surface area contributed by atoms with Crippen LogP contribution in [-0.4, -0.2) is 24.0 Å². The number of thiophene rings is 1. The molecule has 0 saturated heterocycles. The molecule has 3 rings (SSSR count). The van der Waals surface area contributed by atoms with Crippen molar-refractivity contribution in [1.82, 2.24) is 5.32 Å². The van der Waals surface area contributed by atoms with E-state index in [0.717, 1.165) is 0 Å². The summed E-state index contributed by atoms with van der Waals surface area (Å²) in [6.07, 6.45) is 2.97. The molecule has 2 N–H and O–H groups in total. The fourth-order valence-corrected chi connectivity index (χ4v) is 2.88. The highest BCUT2D eigenvalue weighted by Crippen LogP contribution is 2.37. The van der Waals surface area contributed by atoms with Crippen molar-refractivity contribution in [2.75, 3.05) is 11.9 Å². The summed E-state index contributed by atoms with van der Waals surface area (Å²) in [5, 5.41) is 7.54. The number of ether oxygens (including phenoxy) is 1. The van der Waals surface area contributed by atoms with Crippen molar-refractivity contribution in [2.24, 2.45) is 0 Å². The number of hydrogen-bond donors (Lipinski definition) is 2. The molecule has 1 fully saturated rings. The summed E-state index contributed by atoms with van der Waals surface area (Å²) in [5.41, 5.74) is -0.123. The van der Waals surface area contributed by atoms with Crippen LogP contribution >= 0.6 is 11.3 Å². The quantitative estimate of drug-likeness (QED) is 0.759. The fourth-order valence-electron chi connectivity index (χ4n) is 2.26. The van der Waals surface area contributed by atoms with E-state index in [4.69, 9.17) is 4.74 Å².